The molecular formula is C11H17N3O. The van der Waals surface area contributed by atoms with Gasteiger partial charge >= 0.3 is 0 Å². The highest BCUT2D eigenvalue weighted by molar-refractivity contribution is 5.79. The van der Waals surface area contributed by atoms with Gasteiger partial charge in [0.1, 0.15) is 0 Å². The van der Waals surface area contributed by atoms with Gasteiger partial charge in [0.25, 0.3) is 0 Å². The van der Waals surface area contributed by atoms with E-state index in [9.17, 15) is 0 Å². The van der Waals surface area contributed by atoms with Gasteiger partial charge in [0.05, 0.1) is 12.4 Å². The third-order valence-electron chi connectivity index (χ3n) is 1.78. The van der Waals surface area contributed by atoms with Crippen LogP contribution in [-0.2, 0) is 6.42 Å². The van der Waals surface area contributed by atoms with Crippen molar-refractivity contribution in [2.24, 2.45) is 11.7 Å². The molecule has 0 atom stereocenters. The number of ether oxygens (including phenoxy) is 1. The van der Waals surface area contributed by atoms with Crippen LogP contribution in [0, 0.1) is 11.3 Å². The van der Waals surface area contributed by atoms with Crippen molar-refractivity contribution in [3.05, 3.63) is 23.9 Å². The quantitative estimate of drug-likeness (QED) is 0.569. The Balaban J connectivity index is 2.72. The van der Waals surface area contributed by atoms with Crippen molar-refractivity contribution in [2.75, 3.05) is 6.61 Å². The molecule has 0 radical (unpaired) electrons. The van der Waals surface area contributed by atoms with Gasteiger partial charge in [0.2, 0.25) is 5.88 Å². The molecule has 0 fully saturated rings. The predicted octanol–water partition coefficient (Wildman–Crippen LogP) is 1.59. The number of pyridine rings is 1. The van der Waals surface area contributed by atoms with Gasteiger partial charge < -0.3 is 10.5 Å². The van der Waals surface area contributed by atoms with Gasteiger partial charge in [-0.2, -0.15) is 0 Å². The zero-order valence-corrected chi connectivity index (χ0v) is 9.16. The number of nitrogens with two attached hydrogens (primary N) is 1. The van der Waals surface area contributed by atoms with E-state index in [1.54, 1.807) is 6.20 Å². The fourth-order valence-corrected chi connectivity index (χ4v) is 1.14. The van der Waals surface area contributed by atoms with Crippen LogP contribution in [0.3, 0.4) is 0 Å². The molecule has 0 aliphatic carbocycles. The van der Waals surface area contributed by atoms with E-state index in [0.29, 0.717) is 24.8 Å². The Labute approximate surface area is 90.0 Å². The molecule has 1 heterocycles. The van der Waals surface area contributed by atoms with Crippen LogP contribution in [0.5, 0.6) is 5.88 Å². The number of aromatic nitrogens is 1. The first kappa shape index (κ1) is 11.5. The van der Waals surface area contributed by atoms with Crippen molar-refractivity contribution in [3.63, 3.8) is 0 Å². The van der Waals surface area contributed by atoms with Crippen molar-refractivity contribution >= 4 is 5.84 Å². The minimum Gasteiger partial charge on any atom is -0.477 e. The fraction of sp³-hybridized carbons (Fsp3) is 0.455. The summed E-state index contributed by atoms with van der Waals surface area (Å²) in [6.07, 6.45) is 2.07. The lowest BCUT2D eigenvalue weighted by molar-refractivity contribution is 0.259. The molecule has 3 N–H and O–H groups in total. The molecule has 0 aliphatic heterocycles. The summed E-state index contributed by atoms with van der Waals surface area (Å²) >= 11 is 0. The second-order valence-corrected chi connectivity index (χ2v) is 3.87. The number of nitrogens with one attached hydrogen (secondary N) is 1. The molecule has 0 spiro atoms. The Hall–Kier alpha value is -1.58. The summed E-state index contributed by atoms with van der Waals surface area (Å²) in [5.74, 6) is 1.16. The molecule has 15 heavy (non-hydrogen) atoms. The molecule has 0 aliphatic rings. The Morgan fingerprint density at radius 3 is 2.93 bits per heavy atom. The summed E-state index contributed by atoms with van der Waals surface area (Å²) in [6, 6.07) is 3.70. The maximum Gasteiger partial charge on any atom is 0.216 e. The Morgan fingerprint density at radius 1 is 1.60 bits per heavy atom. The molecule has 0 aromatic carbocycles. The third kappa shape index (κ3) is 3.97. The molecule has 1 aromatic rings. The lowest BCUT2D eigenvalue weighted by Gasteiger charge is -2.11. The first-order chi connectivity index (χ1) is 7.09. The summed E-state index contributed by atoms with van der Waals surface area (Å²) in [7, 11) is 0. The molecule has 1 rings (SSSR count). The summed E-state index contributed by atoms with van der Waals surface area (Å²) in [5, 5.41) is 7.24. The van der Waals surface area contributed by atoms with Gasteiger partial charge in [-0.3, -0.25) is 5.41 Å². The maximum atomic E-state index is 7.24. The first-order valence-corrected chi connectivity index (χ1v) is 4.99. The number of hydrogen-bond acceptors (Lipinski definition) is 3. The molecule has 0 saturated heterocycles. The minimum atomic E-state index is 0.123. The molecular weight excluding hydrogens is 190 g/mol. The van der Waals surface area contributed by atoms with E-state index >= 15 is 0 Å². The van der Waals surface area contributed by atoms with Gasteiger partial charge in [0, 0.05) is 18.2 Å². The highest BCUT2D eigenvalue weighted by Crippen LogP contribution is 2.15. The molecule has 0 amide bonds. The van der Waals surface area contributed by atoms with E-state index in [1.807, 2.05) is 12.1 Å². The Morgan fingerprint density at radius 2 is 2.33 bits per heavy atom. The maximum absolute atomic E-state index is 7.24. The van der Waals surface area contributed by atoms with Gasteiger partial charge in [-0.05, 0) is 12.0 Å². The topological polar surface area (TPSA) is 72.0 Å². The van der Waals surface area contributed by atoms with E-state index in [1.165, 1.54) is 0 Å². The SMILES string of the molecule is CC(C)COc1ncccc1CC(=N)N. The Bertz CT molecular complexity index is 336. The number of hydrogen-bond donors (Lipinski definition) is 2. The van der Waals surface area contributed by atoms with Gasteiger partial charge in [0.15, 0.2) is 0 Å². The normalized spacial score (nSPS) is 10.3. The second-order valence-electron chi connectivity index (χ2n) is 3.87. The van der Waals surface area contributed by atoms with Crippen LogP contribution in [0.2, 0.25) is 0 Å². The van der Waals surface area contributed by atoms with Crippen LogP contribution in [0.4, 0.5) is 0 Å². The molecule has 0 bridgehead atoms. The van der Waals surface area contributed by atoms with Crippen LogP contribution < -0.4 is 10.5 Å². The molecule has 0 saturated carbocycles. The highest BCUT2D eigenvalue weighted by atomic mass is 16.5. The first-order valence-electron chi connectivity index (χ1n) is 4.99. The third-order valence-corrected chi connectivity index (χ3v) is 1.78. The lowest BCUT2D eigenvalue weighted by Crippen LogP contribution is -2.15. The van der Waals surface area contributed by atoms with E-state index in [2.05, 4.69) is 18.8 Å². The predicted molar refractivity (Wildman–Crippen MR) is 60.2 cm³/mol. The number of nitrogens with zero attached hydrogens (tertiary/aromatic N) is 1. The minimum absolute atomic E-state index is 0.123. The van der Waals surface area contributed by atoms with Crippen LogP contribution in [0.25, 0.3) is 0 Å². The van der Waals surface area contributed by atoms with Crippen LogP contribution >= 0.6 is 0 Å². The van der Waals surface area contributed by atoms with Crippen LogP contribution in [0.1, 0.15) is 19.4 Å². The number of amidine groups is 1. The summed E-state index contributed by atoms with van der Waals surface area (Å²) in [6.45, 7) is 4.78. The second kappa shape index (κ2) is 5.34. The standard InChI is InChI=1S/C11H17N3O/c1-8(2)7-15-11-9(6-10(12)13)4-3-5-14-11/h3-5,8H,6-7H2,1-2H3,(H3,12,13). The van der Waals surface area contributed by atoms with Crippen LogP contribution in [-0.4, -0.2) is 17.4 Å². The van der Waals surface area contributed by atoms with Gasteiger partial charge in [-0.25, -0.2) is 4.98 Å². The van der Waals surface area contributed by atoms with Gasteiger partial charge in [-0.1, -0.05) is 19.9 Å². The van der Waals surface area contributed by atoms with Crippen molar-refractivity contribution in [1.29, 1.82) is 5.41 Å². The van der Waals surface area contributed by atoms with E-state index in [4.69, 9.17) is 15.9 Å². The summed E-state index contributed by atoms with van der Waals surface area (Å²) < 4.78 is 5.54. The lowest BCUT2D eigenvalue weighted by atomic mass is 10.2. The zero-order valence-electron chi connectivity index (χ0n) is 9.16. The molecule has 1 aromatic heterocycles. The smallest absolute Gasteiger partial charge is 0.216 e. The highest BCUT2D eigenvalue weighted by Gasteiger charge is 2.06. The largest absolute Gasteiger partial charge is 0.477 e. The fourth-order valence-electron chi connectivity index (χ4n) is 1.14. The van der Waals surface area contributed by atoms with E-state index in [-0.39, 0.29) is 5.84 Å². The average Bonchev–Trinajstić information content (AvgIpc) is 2.15. The van der Waals surface area contributed by atoms with E-state index < -0.39 is 0 Å². The van der Waals surface area contributed by atoms with E-state index in [0.717, 1.165) is 5.56 Å². The molecule has 4 heteroatoms. The summed E-state index contributed by atoms with van der Waals surface area (Å²) in [4.78, 5) is 4.13. The van der Waals surface area contributed by atoms with Gasteiger partial charge in [-0.15, -0.1) is 0 Å². The van der Waals surface area contributed by atoms with Crippen molar-refractivity contribution in [2.45, 2.75) is 20.3 Å². The molecule has 82 valence electrons. The number of rotatable bonds is 5. The van der Waals surface area contributed by atoms with Crippen molar-refractivity contribution in [3.8, 4) is 5.88 Å². The molecule has 0 unspecified atom stereocenters. The summed E-state index contributed by atoms with van der Waals surface area (Å²) in [5.41, 5.74) is 6.22. The zero-order chi connectivity index (χ0) is 11.3. The molecule has 4 nitrogen and oxygen atoms in total. The Kier molecular flexibility index (Phi) is 4.09. The van der Waals surface area contributed by atoms with Crippen molar-refractivity contribution in [1.82, 2.24) is 4.98 Å². The average molecular weight is 207 g/mol. The van der Waals surface area contributed by atoms with Crippen LogP contribution in [0.15, 0.2) is 18.3 Å². The monoisotopic (exact) mass is 207 g/mol. The van der Waals surface area contributed by atoms with Crippen molar-refractivity contribution < 1.29 is 4.74 Å².